The summed E-state index contributed by atoms with van der Waals surface area (Å²) in [6.07, 6.45) is -0.738. The third-order valence-electron chi connectivity index (χ3n) is 20.9. The van der Waals surface area contributed by atoms with E-state index in [0.717, 1.165) is 83.3 Å². The Morgan fingerprint density at radius 1 is 0.429 bits per heavy atom. The molecule has 0 spiro atoms. The lowest BCUT2D eigenvalue weighted by molar-refractivity contribution is -0.385. The maximum absolute atomic E-state index is 15.7. The molecule has 6 aromatic carbocycles. The number of aromatic amines is 1. The van der Waals surface area contributed by atoms with Gasteiger partial charge < -0.3 is 79.7 Å². The Kier molecular flexibility index (Phi) is 36.9. The molecule has 126 heavy (non-hydrogen) atoms. The third-order valence-corrected chi connectivity index (χ3v) is 23.5. The number of primary sulfonamides is 1. The molecule has 0 aliphatic rings. The summed E-state index contributed by atoms with van der Waals surface area (Å²) in [5.41, 5.74) is 7.49. The number of para-hydroxylation sites is 1. The van der Waals surface area contributed by atoms with Crippen LogP contribution in [-0.2, 0) is 79.9 Å². The number of carbonyl (C=O) groups excluding carboxylic acids is 10. The first-order chi connectivity index (χ1) is 59.3. The number of carbonyl (C=O) groups is 10. The summed E-state index contributed by atoms with van der Waals surface area (Å²) in [6.45, 7) is -5.13. The quantitative estimate of drug-likeness (QED) is 0.0112. The van der Waals surface area contributed by atoms with Gasteiger partial charge in [0.2, 0.25) is 69.1 Å². The highest BCUT2D eigenvalue weighted by molar-refractivity contribution is 7.89. The second kappa shape index (κ2) is 46.3. The van der Waals surface area contributed by atoms with Crippen molar-refractivity contribution >= 4 is 118 Å². The van der Waals surface area contributed by atoms with Crippen LogP contribution in [0, 0.1) is 40.5 Å². The van der Waals surface area contributed by atoms with Crippen molar-refractivity contribution in [3.63, 3.8) is 0 Å². The van der Waals surface area contributed by atoms with Crippen molar-refractivity contribution in [1.82, 2.24) is 54.4 Å². The van der Waals surface area contributed by atoms with Gasteiger partial charge >= 0.3 is 15.2 Å². The maximum Gasteiger partial charge on any atom is 0.325 e. The lowest BCUT2D eigenvalue weighted by Gasteiger charge is -2.35. The number of non-ortho nitro benzene ring substituents is 4. The van der Waals surface area contributed by atoms with E-state index in [1.54, 1.807) is 67.7 Å². The number of nitrogens with zero attached hydrogens (tertiary/aromatic N) is 13. The van der Waals surface area contributed by atoms with E-state index in [-0.39, 0.29) is 79.1 Å². The number of amides is 10. The first kappa shape index (κ1) is 100. The largest absolute Gasteiger partial charge is 0.368 e. The lowest BCUT2D eigenvalue weighted by atomic mass is 10.1. The van der Waals surface area contributed by atoms with Crippen LogP contribution in [0.4, 0.5) is 22.7 Å². The summed E-state index contributed by atoms with van der Waals surface area (Å²) in [5, 5.41) is 55.8. The number of fused-ring (bicyclic) bond motifs is 1. The van der Waals surface area contributed by atoms with Crippen molar-refractivity contribution in [2.24, 2.45) is 10.9 Å². The van der Waals surface area contributed by atoms with Gasteiger partial charge in [-0.1, -0.05) is 97.1 Å². The number of sulfonamides is 1. The monoisotopic (exact) mass is 1810 g/mol. The van der Waals surface area contributed by atoms with Gasteiger partial charge in [0.15, 0.2) is 0 Å². The fourth-order valence-electron chi connectivity index (χ4n) is 13.5. The van der Waals surface area contributed by atoms with Gasteiger partial charge in [-0.3, -0.25) is 97.5 Å². The Morgan fingerprint density at radius 2 is 0.786 bits per heavy atom. The van der Waals surface area contributed by atoms with Gasteiger partial charge in [0.05, 0.1) is 102 Å². The van der Waals surface area contributed by atoms with E-state index in [1.807, 2.05) is 0 Å². The van der Waals surface area contributed by atoms with Gasteiger partial charge in [0.1, 0.15) is 13.1 Å². The molecule has 0 bridgehead atoms. The number of likely N-dealkylation sites (N-methyl/N-ethyl adjacent to an activating group) is 1. The molecular formula is C80H101N17O26P2S. The predicted octanol–water partition coefficient (Wildman–Crippen LogP) is 4.61. The summed E-state index contributed by atoms with van der Waals surface area (Å²) >= 11 is 0. The second-order valence-electron chi connectivity index (χ2n) is 29.9. The molecule has 0 saturated carbocycles. The number of nitrogens with one attached hydrogen (secondary N) is 2. The van der Waals surface area contributed by atoms with E-state index in [4.69, 9.17) is 10.9 Å². The fourth-order valence-corrected chi connectivity index (χ4v) is 15.2. The lowest BCUT2D eigenvalue weighted by Crippen LogP contribution is -2.53. The molecule has 4 atom stereocenters. The number of nitro groups is 4. The Morgan fingerprint density at radius 3 is 1.22 bits per heavy atom. The van der Waals surface area contributed by atoms with Gasteiger partial charge in [-0.25, -0.2) is 13.6 Å². The van der Waals surface area contributed by atoms with Gasteiger partial charge in [-0.2, -0.15) is 0 Å². The van der Waals surface area contributed by atoms with Crippen molar-refractivity contribution < 1.29 is 105 Å². The van der Waals surface area contributed by atoms with Crippen LogP contribution in [-0.4, -0.2) is 279 Å². The molecule has 0 fully saturated rings. The number of primary amides is 1. The van der Waals surface area contributed by atoms with Gasteiger partial charge in [0, 0.05) is 118 Å². The smallest absolute Gasteiger partial charge is 0.325 e. The first-order valence-electron chi connectivity index (χ1n) is 39.5. The van der Waals surface area contributed by atoms with Crippen LogP contribution in [0.25, 0.3) is 10.9 Å². The molecule has 7 aromatic rings. The molecule has 10 N–H and O–H groups in total. The topological polar surface area (TPSA) is 601 Å². The zero-order valence-electron chi connectivity index (χ0n) is 69.6. The van der Waals surface area contributed by atoms with E-state index in [0.29, 0.717) is 26.9 Å². The molecule has 678 valence electrons. The fraction of sp³-hybridized carbons (Fsp3) is 0.400. The highest BCUT2D eigenvalue weighted by Crippen LogP contribution is 2.37. The average Bonchev–Trinajstić information content (AvgIpc) is 1.31. The van der Waals surface area contributed by atoms with E-state index >= 15 is 24.0 Å². The van der Waals surface area contributed by atoms with E-state index in [1.165, 1.54) is 86.3 Å². The van der Waals surface area contributed by atoms with Crippen LogP contribution in [0.1, 0.15) is 105 Å². The van der Waals surface area contributed by atoms with Crippen LogP contribution >= 0.6 is 15.2 Å². The molecule has 0 aliphatic carbocycles. The molecule has 0 radical (unpaired) electrons. The van der Waals surface area contributed by atoms with Crippen molar-refractivity contribution in [1.29, 1.82) is 0 Å². The standard InChI is InChI=1S/C80H101N17O26P2S/c1-55(60-18-26-65(27-19-60)94(108)109)83-45-72(99)88(38-34-59-14-7-6-8-15-59)50-79(106)92(57(3)62-22-30-67(31-23-62)96(112)113)53-76(103)86(36-11-12-41-124(116,117)118)49-75(102)89(39-35-64-44-84-70-17-10-9-16-69(64)70)51-80(107)93(58(4)63-24-32-68(33-25-63)97(114)115)54-77(104)87(37-13-42-125(119,120)121)48-73(100)85(5)47-74(101)90(40-43-126(82,122)123)52-78(105)91(46-71(81)98)56(2)61-20-28-66(29-21-61)95(110)111/h6-10,14-33,44,55-58,83-84H,11-13,34-43,45-54H2,1-5H3,(H2,81,98)(H2,82,122,123)(H2,116,117,118)(H2,119,120,121)/t55-,56-,57-,58-/m0/s1. The maximum atomic E-state index is 15.7. The van der Waals surface area contributed by atoms with Crippen molar-refractivity contribution in [2.45, 2.75) is 84.0 Å². The van der Waals surface area contributed by atoms with Crippen LogP contribution in [0.2, 0.25) is 0 Å². The molecule has 43 nitrogen and oxygen atoms in total. The molecule has 46 heteroatoms. The summed E-state index contributed by atoms with van der Waals surface area (Å²) in [6, 6.07) is 31.9. The number of H-pyrrole nitrogens is 1. The molecule has 10 amide bonds. The number of nitrogens with two attached hydrogens (primary N) is 2. The highest BCUT2D eigenvalue weighted by atomic mass is 32.2. The zero-order valence-corrected chi connectivity index (χ0v) is 72.2. The Hall–Kier alpha value is -12.7. The molecule has 7 rings (SSSR count). The number of rotatable bonds is 50. The zero-order chi connectivity index (χ0) is 93.1. The van der Waals surface area contributed by atoms with Crippen molar-refractivity contribution in [3.05, 3.63) is 232 Å². The molecule has 1 aromatic heterocycles. The summed E-state index contributed by atoms with van der Waals surface area (Å²) < 4.78 is 49.4. The molecule has 0 unspecified atom stereocenters. The average molecular weight is 1810 g/mol. The second-order valence-corrected chi connectivity index (χ2v) is 35.2. The van der Waals surface area contributed by atoms with Crippen LogP contribution < -0.4 is 16.2 Å². The van der Waals surface area contributed by atoms with E-state index in [2.05, 4.69) is 10.3 Å². The highest BCUT2D eigenvalue weighted by Gasteiger charge is 2.36. The molecule has 0 saturated heterocycles. The van der Waals surface area contributed by atoms with Crippen molar-refractivity contribution in [2.75, 3.05) is 123 Å². The van der Waals surface area contributed by atoms with Crippen molar-refractivity contribution in [3.8, 4) is 0 Å². The summed E-state index contributed by atoms with van der Waals surface area (Å²) in [7, 11) is -12.9. The van der Waals surface area contributed by atoms with Crippen LogP contribution in [0.15, 0.2) is 158 Å². The number of nitro benzene ring substituents is 4. The number of aromatic nitrogens is 1. The number of unbranched alkanes of at least 4 members (excludes halogenated alkanes) is 1. The third kappa shape index (κ3) is 31.5. The Bertz CT molecular complexity index is 5280. The van der Waals surface area contributed by atoms with E-state index in [9.17, 15) is 102 Å². The summed E-state index contributed by atoms with van der Waals surface area (Å²) in [5.74, 6) is -10.9. The van der Waals surface area contributed by atoms with Crippen LogP contribution in [0.5, 0.6) is 0 Å². The Balaban J connectivity index is 1.24. The minimum atomic E-state index is -4.87. The number of hydrogen-bond acceptors (Lipinski definition) is 23. The molecular weight excluding hydrogens is 1710 g/mol. The first-order valence-corrected chi connectivity index (χ1v) is 44.8. The minimum Gasteiger partial charge on any atom is -0.368 e. The number of hydrogen-bond donors (Lipinski definition) is 8. The Labute approximate surface area is 723 Å². The number of benzene rings is 6. The van der Waals surface area contributed by atoms with Gasteiger partial charge in [0.25, 0.3) is 22.7 Å². The van der Waals surface area contributed by atoms with E-state index < -0.39 is 237 Å². The van der Waals surface area contributed by atoms with Gasteiger partial charge in [-0.15, -0.1) is 0 Å². The SMILES string of the molecule is C[C@H](NCC(=O)N(CCc1ccccc1)CC(=O)N(CC(=O)N(CCCCP(=O)(O)O)CC(=O)N(CCc1c[nH]c2ccccc12)CC(=O)N(CC(=O)N(CCCP(=O)(O)O)CC(=O)N(C)CC(=O)N(CCS(N)(=O)=O)CC(=O)N(CC(N)=O)[C@@H](C)c1ccc([N+](=O)[O-])cc1)[C@@H](C)c1ccc([N+](=O)[O-])cc1)[C@@H](C)c1ccc([N+](=O)[O-])cc1)c1ccc([N+](=O)[O-])cc1. The van der Waals surface area contributed by atoms with Gasteiger partial charge in [-0.05, 0) is 99.2 Å². The molecule has 0 aliphatic heterocycles. The minimum absolute atomic E-state index is 0.0427. The summed E-state index contributed by atoms with van der Waals surface area (Å²) in [4.78, 5) is 243. The predicted molar refractivity (Wildman–Crippen MR) is 457 cm³/mol. The molecule has 1 heterocycles. The van der Waals surface area contributed by atoms with Crippen LogP contribution in [0.3, 0.4) is 0 Å². The normalized spacial score (nSPS) is 12.5.